The molecular weight excluding hydrogens is 350 g/mol. The van der Waals surface area contributed by atoms with Gasteiger partial charge in [0.05, 0.1) is 14.2 Å². The van der Waals surface area contributed by atoms with Gasteiger partial charge < -0.3 is 20.1 Å². The predicted octanol–water partition coefficient (Wildman–Crippen LogP) is 1.53. The van der Waals surface area contributed by atoms with Gasteiger partial charge in [0.15, 0.2) is 11.5 Å². The number of rotatable bonds is 6. The molecule has 4 amide bonds. The molecule has 0 bridgehead atoms. The lowest BCUT2D eigenvalue weighted by atomic mass is 9.91. The Kier molecular flexibility index (Phi) is 5.25. The SMILES string of the molecule is COc1ccc([C@@]2(C)NC(=O)N(CC(=O)NC3CCCC3)C2=O)cc1OC. The summed E-state index contributed by atoms with van der Waals surface area (Å²) in [5.74, 6) is 0.188. The Bertz CT molecular complexity index is 760. The van der Waals surface area contributed by atoms with Crippen LogP contribution in [-0.2, 0) is 15.1 Å². The molecule has 1 atom stereocenters. The van der Waals surface area contributed by atoms with Gasteiger partial charge in [-0.05, 0) is 37.5 Å². The van der Waals surface area contributed by atoms with E-state index in [4.69, 9.17) is 9.47 Å². The van der Waals surface area contributed by atoms with Crippen molar-refractivity contribution in [1.82, 2.24) is 15.5 Å². The van der Waals surface area contributed by atoms with E-state index in [1.165, 1.54) is 14.2 Å². The summed E-state index contributed by atoms with van der Waals surface area (Å²) in [5.41, 5.74) is -0.721. The molecular formula is C19H25N3O5. The van der Waals surface area contributed by atoms with Crippen LogP contribution in [0.2, 0.25) is 0 Å². The van der Waals surface area contributed by atoms with Crippen LogP contribution >= 0.6 is 0 Å². The van der Waals surface area contributed by atoms with Gasteiger partial charge >= 0.3 is 6.03 Å². The van der Waals surface area contributed by atoms with E-state index in [1.54, 1.807) is 25.1 Å². The Morgan fingerprint density at radius 2 is 1.89 bits per heavy atom. The summed E-state index contributed by atoms with van der Waals surface area (Å²) < 4.78 is 10.5. The molecule has 2 N–H and O–H groups in total. The molecule has 0 aromatic heterocycles. The summed E-state index contributed by atoms with van der Waals surface area (Å²) in [6, 6.07) is 4.57. The molecule has 1 aromatic carbocycles. The van der Waals surface area contributed by atoms with Crippen molar-refractivity contribution < 1.29 is 23.9 Å². The second-order valence-corrected chi connectivity index (χ2v) is 7.07. The molecule has 8 heteroatoms. The lowest BCUT2D eigenvalue weighted by Gasteiger charge is -2.23. The zero-order chi connectivity index (χ0) is 19.6. The van der Waals surface area contributed by atoms with Crippen molar-refractivity contribution in [3.63, 3.8) is 0 Å². The number of nitrogens with one attached hydrogen (secondary N) is 2. The molecule has 0 radical (unpaired) electrons. The fourth-order valence-corrected chi connectivity index (χ4v) is 3.67. The van der Waals surface area contributed by atoms with E-state index < -0.39 is 17.5 Å². The molecule has 1 aliphatic heterocycles. The maximum Gasteiger partial charge on any atom is 0.325 e. The number of hydrogen-bond donors (Lipinski definition) is 2. The smallest absolute Gasteiger partial charge is 0.325 e. The third-order valence-corrected chi connectivity index (χ3v) is 5.26. The first-order chi connectivity index (χ1) is 12.9. The van der Waals surface area contributed by atoms with Crippen molar-refractivity contribution in [2.45, 2.75) is 44.2 Å². The fraction of sp³-hybridized carbons (Fsp3) is 0.526. The van der Waals surface area contributed by atoms with Crippen molar-refractivity contribution >= 4 is 17.8 Å². The van der Waals surface area contributed by atoms with Gasteiger partial charge in [0.1, 0.15) is 12.1 Å². The molecule has 1 saturated heterocycles. The predicted molar refractivity (Wildman–Crippen MR) is 97.5 cm³/mol. The van der Waals surface area contributed by atoms with E-state index in [0.717, 1.165) is 30.6 Å². The summed E-state index contributed by atoms with van der Waals surface area (Å²) in [6.45, 7) is 1.33. The van der Waals surface area contributed by atoms with E-state index in [9.17, 15) is 14.4 Å². The summed E-state index contributed by atoms with van der Waals surface area (Å²) in [5, 5.41) is 5.59. The highest BCUT2D eigenvalue weighted by Crippen LogP contribution is 2.35. The van der Waals surface area contributed by atoms with Gasteiger partial charge in [-0.1, -0.05) is 18.9 Å². The highest BCUT2D eigenvalue weighted by Gasteiger charge is 2.49. The molecule has 146 valence electrons. The topological polar surface area (TPSA) is 97.0 Å². The van der Waals surface area contributed by atoms with Crippen molar-refractivity contribution in [3.8, 4) is 11.5 Å². The van der Waals surface area contributed by atoms with Gasteiger partial charge in [0.2, 0.25) is 5.91 Å². The van der Waals surface area contributed by atoms with Gasteiger partial charge in [-0.15, -0.1) is 0 Å². The van der Waals surface area contributed by atoms with E-state index in [-0.39, 0.29) is 18.5 Å². The molecule has 2 fully saturated rings. The van der Waals surface area contributed by atoms with Crippen LogP contribution in [-0.4, -0.2) is 49.6 Å². The van der Waals surface area contributed by atoms with Crippen LogP contribution in [0.1, 0.15) is 38.2 Å². The minimum atomic E-state index is -1.27. The molecule has 1 saturated carbocycles. The van der Waals surface area contributed by atoms with Gasteiger partial charge in [0, 0.05) is 6.04 Å². The maximum atomic E-state index is 13.0. The number of urea groups is 1. The maximum absolute atomic E-state index is 13.0. The molecule has 0 unspecified atom stereocenters. The Labute approximate surface area is 158 Å². The quantitative estimate of drug-likeness (QED) is 0.735. The number of benzene rings is 1. The first-order valence-electron chi connectivity index (χ1n) is 9.05. The standard InChI is InChI=1S/C19H25N3O5/c1-19(12-8-9-14(26-2)15(10-12)27-3)17(24)22(18(25)21-19)11-16(23)20-13-6-4-5-7-13/h8-10,13H,4-7,11H2,1-3H3,(H,20,23)(H,21,25)/t19-/m1/s1. The number of imide groups is 1. The van der Waals surface area contributed by atoms with E-state index >= 15 is 0 Å². The van der Waals surface area contributed by atoms with Gasteiger partial charge in [-0.2, -0.15) is 0 Å². The highest BCUT2D eigenvalue weighted by molar-refractivity contribution is 6.09. The normalized spacial score (nSPS) is 22.7. The number of carbonyl (C=O) groups excluding carboxylic acids is 3. The van der Waals surface area contributed by atoms with Crippen LogP contribution < -0.4 is 20.1 Å². The Balaban J connectivity index is 1.76. The minimum absolute atomic E-state index is 0.135. The van der Waals surface area contributed by atoms with Gasteiger partial charge in [-0.3, -0.25) is 14.5 Å². The van der Waals surface area contributed by atoms with Crippen LogP contribution in [0.15, 0.2) is 18.2 Å². The Morgan fingerprint density at radius 1 is 1.22 bits per heavy atom. The third-order valence-electron chi connectivity index (χ3n) is 5.26. The van der Waals surface area contributed by atoms with Gasteiger partial charge in [-0.25, -0.2) is 4.79 Å². The monoisotopic (exact) mass is 375 g/mol. The average Bonchev–Trinajstić information content (AvgIpc) is 3.24. The van der Waals surface area contributed by atoms with Crippen molar-refractivity contribution in [2.75, 3.05) is 20.8 Å². The molecule has 8 nitrogen and oxygen atoms in total. The van der Waals surface area contributed by atoms with Crippen LogP contribution in [0.5, 0.6) is 11.5 Å². The van der Waals surface area contributed by atoms with Crippen LogP contribution in [0.3, 0.4) is 0 Å². The molecule has 0 spiro atoms. The lowest BCUT2D eigenvalue weighted by molar-refractivity contribution is -0.135. The first-order valence-corrected chi connectivity index (χ1v) is 9.05. The number of nitrogens with zero attached hydrogens (tertiary/aromatic N) is 1. The summed E-state index contributed by atoms with van der Waals surface area (Å²) >= 11 is 0. The lowest BCUT2D eigenvalue weighted by Crippen LogP contribution is -2.45. The summed E-state index contributed by atoms with van der Waals surface area (Å²) in [6.07, 6.45) is 4.06. The molecule has 2 aliphatic rings. The van der Waals surface area contributed by atoms with Crippen molar-refractivity contribution in [2.24, 2.45) is 0 Å². The number of ether oxygens (including phenoxy) is 2. The van der Waals surface area contributed by atoms with Crippen LogP contribution in [0.25, 0.3) is 0 Å². The molecule has 27 heavy (non-hydrogen) atoms. The largest absolute Gasteiger partial charge is 0.493 e. The van der Waals surface area contributed by atoms with Crippen LogP contribution in [0, 0.1) is 0 Å². The van der Waals surface area contributed by atoms with Gasteiger partial charge in [0.25, 0.3) is 5.91 Å². The van der Waals surface area contributed by atoms with E-state index in [0.29, 0.717) is 17.1 Å². The average molecular weight is 375 g/mol. The van der Waals surface area contributed by atoms with Crippen LogP contribution in [0.4, 0.5) is 4.79 Å². The number of hydrogen-bond acceptors (Lipinski definition) is 5. The Morgan fingerprint density at radius 3 is 2.52 bits per heavy atom. The third kappa shape index (κ3) is 3.56. The number of methoxy groups -OCH3 is 2. The summed E-state index contributed by atoms with van der Waals surface area (Å²) in [7, 11) is 3.02. The zero-order valence-corrected chi connectivity index (χ0v) is 15.8. The van der Waals surface area contributed by atoms with Crippen molar-refractivity contribution in [3.05, 3.63) is 23.8 Å². The van der Waals surface area contributed by atoms with E-state index in [1.807, 2.05) is 0 Å². The number of carbonyl (C=O) groups is 3. The molecule has 1 aliphatic carbocycles. The second kappa shape index (κ2) is 7.46. The number of amides is 4. The fourth-order valence-electron chi connectivity index (χ4n) is 3.67. The zero-order valence-electron chi connectivity index (χ0n) is 15.8. The minimum Gasteiger partial charge on any atom is -0.493 e. The van der Waals surface area contributed by atoms with Crippen molar-refractivity contribution in [1.29, 1.82) is 0 Å². The molecule has 1 heterocycles. The second-order valence-electron chi connectivity index (χ2n) is 7.07. The Hall–Kier alpha value is -2.77. The van der Waals surface area contributed by atoms with E-state index in [2.05, 4.69) is 10.6 Å². The highest BCUT2D eigenvalue weighted by atomic mass is 16.5. The summed E-state index contributed by atoms with van der Waals surface area (Å²) in [4.78, 5) is 38.6. The molecule has 1 aromatic rings. The molecule has 3 rings (SSSR count). The first kappa shape index (κ1) is 19.0.